The minimum Gasteiger partial charge on any atom is -0.430 e. The standard InChI is InChI=1S/C9H9BNO2.C3H9N/c1-11-9(12)6-2-3-7-5-13-10-8(7)4-6;1-2-3-4/h2-4H,5H2,1H3,(H,11,12);2-4H2,1H3. The summed E-state index contributed by atoms with van der Waals surface area (Å²) in [6.07, 6.45) is 1.10. The number of benzene rings is 1. The van der Waals surface area contributed by atoms with E-state index >= 15 is 0 Å². The van der Waals surface area contributed by atoms with Crippen molar-refractivity contribution in [2.45, 2.75) is 20.0 Å². The van der Waals surface area contributed by atoms with Crippen LogP contribution >= 0.6 is 0 Å². The van der Waals surface area contributed by atoms with Crippen LogP contribution in [-0.2, 0) is 11.3 Å². The molecule has 5 heteroatoms. The molecule has 1 aliphatic heterocycles. The molecule has 0 bridgehead atoms. The Balaban J connectivity index is 0.000000317. The minimum absolute atomic E-state index is 0.0666. The van der Waals surface area contributed by atoms with E-state index in [2.05, 4.69) is 12.2 Å². The number of nitrogens with one attached hydrogen (secondary N) is 1. The summed E-state index contributed by atoms with van der Waals surface area (Å²) in [6.45, 7) is 3.49. The third-order valence-corrected chi connectivity index (χ3v) is 2.37. The van der Waals surface area contributed by atoms with Crippen LogP contribution in [-0.4, -0.2) is 27.0 Å². The lowest BCUT2D eigenvalue weighted by molar-refractivity contribution is 0.0963. The van der Waals surface area contributed by atoms with E-state index in [4.69, 9.17) is 10.4 Å². The fourth-order valence-corrected chi connectivity index (χ4v) is 1.34. The highest BCUT2D eigenvalue weighted by molar-refractivity contribution is 6.49. The second-order valence-corrected chi connectivity index (χ2v) is 3.71. The summed E-state index contributed by atoms with van der Waals surface area (Å²) in [5.41, 5.74) is 7.83. The van der Waals surface area contributed by atoms with Crippen molar-refractivity contribution in [3.63, 3.8) is 0 Å². The second kappa shape index (κ2) is 7.09. The third-order valence-electron chi connectivity index (χ3n) is 2.37. The van der Waals surface area contributed by atoms with Gasteiger partial charge in [0.15, 0.2) is 0 Å². The van der Waals surface area contributed by atoms with Gasteiger partial charge in [0.2, 0.25) is 0 Å². The molecule has 0 spiro atoms. The molecular formula is C12H18BN2O2. The Morgan fingerprint density at radius 1 is 1.59 bits per heavy atom. The summed E-state index contributed by atoms with van der Waals surface area (Å²) in [5, 5.41) is 2.58. The average molecular weight is 233 g/mol. The average Bonchev–Trinajstić information content (AvgIpc) is 2.85. The number of hydrogen-bond donors (Lipinski definition) is 2. The lowest BCUT2D eigenvalue weighted by Gasteiger charge is -2.01. The quantitative estimate of drug-likeness (QED) is 0.716. The minimum atomic E-state index is -0.0666. The molecule has 0 unspecified atom stereocenters. The Morgan fingerprint density at radius 3 is 2.88 bits per heavy atom. The van der Waals surface area contributed by atoms with Gasteiger partial charge >= 0.3 is 7.48 Å². The number of carbonyl (C=O) groups excluding carboxylic acids is 1. The van der Waals surface area contributed by atoms with Crippen LogP contribution < -0.4 is 16.5 Å². The largest absolute Gasteiger partial charge is 0.430 e. The number of hydrogen-bond acceptors (Lipinski definition) is 3. The topological polar surface area (TPSA) is 64.3 Å². The van der Waals surface area contributed by atoms with Crippen LogP contribution in [0.4, 0.5) is 0 Å². The smallest absolute Gasteiger partial charge is 0.330 e. The molecule has 1 radical (unpaired) electrons. The molecule has 0 saturated heterocycles. The van der Waals surface area contributed by atoms with E-state index in [0.29, 0.717) is 12.2 Å². The summed E-state index contributed by atoms with van der Waals surface area (Å²) >= 11 is 0. The monoisotopic (exact) mass is 233 g/mol. The highest BCUT2D eigenvalue weighted by Gasteiger charge is 2.14. The molecular weight excluding hydrogens is 215 g/mol. The van der Waals surface area contributed by atoms with Crippen molar-refractivity contribution in [3.8, 4) is 0 Å². The van der Waals surface area contributed by atoms with E-state index in [1.165, 1.54) is 0 Å². The predicted molar refractivity (Wildman–Crippen MR) is 69.4 cm³/mol. The maximum Gasteiger partial charge on any atom is 0.330 e. The van der Waals surface area contributed by atoms with Crippen LogP contribution in [0.5, 0.6) is 0 Å². The molecule has 1 amide bonds. The van der Waals surface area contributed by atoms with E-state index in [9.17, 15) is 4.79 Å². The fraction of sp³-hybridized carbons (Fsp3) is 0.417. The summed E-state index contributed by atoms with van der Waals surface area (Å²) in [7, 11) is 3.30. The van der Waals surface area contributed by atoms with Crippen LogP contribution in [0, 0.1) is 0 Å². The van der Waals surface area contributed by atoms with Crippen molar-refractivity contribution in [2.75, 3.05) is 13.6 Å². The summed E-state index contributed by atoms with van der Waals surface area (Å²) in [5.74, 6) is -0.0666. The maximum atomic E-state index is 11.2. The molecule has 0 aromatic heterocycles. The summed E-state index contributed by atoms with van der Waals surface area (Å²) < 4.78 is 5.13. The zero-order valence-electron chi connectivity index (χ0n) is 10.3. The fourth-order valence-electron chi connectivity index (χ4n) is 1.34. The van der Waals surface area contributed by atoms with Gasteiger partial charge in [0.05, 0.1) is 6.61 Å². The molecule has 1 aromatic carbocycles. The SMILES string of the molecule is CCCN.CNC(=O)c1ccc2c(c1)[B]OC2. The zero-order valence-corrected chi connectivity index (χ0v) is 10.3. The molecule has 1 heterocycles. The first kappa shape index (κ1) is 13.7. The molecule has 0 aliphatic carbocycles. The maximum absolute atomic E-state index is 11.2. The number of rotatable bonds is 2. The Morgan fingerprint density at radius 2 is 2.29 bits per heavy atom. The van der Waals surface area contributed by atoms with Crippen LogP contribution in [0.1, 0.15) is 29.3 Å². The molecule has 0 atom stereocenters. The second-order valence-electron chi connectivity index (χ2n) is 3.71. The van der Waals surface area contributed by atoms with Crippen molar-refractivity contribution in [3.05, 3.63) is 29.3 Å². The van der Waals surface area contributed by atoms with Gasteiger partial charge in [-0.2, -0.15) is 0 Å². The lowest BCUT2D eigenvalue weighted by Crippen LogP contribution is -2.21. The summed E-state index contributed by atoms with van der Waals surface area (Å²) in [4.78, 5) is 11.2. The molecule has 0 saturated carbocycles. The number of carbonyl (C=O) groups is 1. The lowest BCUT2D eigenvalue weighted by atomic mass is 9.86. The van der Waals surface area contributed by atoms with Gasteiger partial charge in [-0.25, -0.2) is 0 Å². The van der Waals surface area contributed by atoms with Crippen molar-refractivity contribution >= 4 is 18.9 Å². The molecule has 4 nitrogen and oxygen atoms in total. The normalized spacial score (nSPS) is 11.9. The van der Waals surface area contributed by atoms with Gasteiger partial charge in [-0.1, -0.05) is 19.1 Å². The van der Waals surface area contributed by atoms with E-state index in [-0.39, 0.29) is 5.91 Å². The Bertz CT molecular complexity index is 381. The van der Waals surface area contributed by atoms with Crippen molar-refractivity contribution in [1.29, 1.82) is 0 Å². The van der Waals surface area contributed by atoms with Crippen LogP contribution in [0.2, 0.25) is 0 Å². The van der Waals surface area contributed by atoms with E-state index in [0.717, 1.165) is 24.0 Å². The first-order valence-electron chi connectivity index (χ1n) is 5.72. The van der Waals surface area contributed by atoms with Gasteiger partial charge in [0.25, 0.3) is 5.91 Å². The van der Waals surface area contributed by atoms with E-state index in [1.807, 2.05) is 12.1 Å². The first-order valence-corrected chi connectivity index (χ1v) is 5.72. The van der Waals surface area contributed by atoms with Crippen LogP contribution in [0.25, 0.3) is 0 Å². The van der Waals surface area contributed by atoms with Gasteiger partial charge in [-0.15, -0.1) is 0 Å². The van der Waals surface area contributed by atoms with Gasteiger partial charge in [0.1, 0.15) is 0 Å². The number of nitrogens with two attached hydrogens (primary N) is 1. The third kappa shape index (κ3) is 3.87. The van der Waals surface area contributed by atoms with Crippen LogP contribution in [0.15, 0.2) is 18.2 Å². The van der Waals surface area contributed by atoms with E-state index in [1.54, 1.807) is 20.6 Å². The van der Waals surface area contributed by atoms with Gasteiger partial charge in [-0.05, 0) is 30.1 Å². The van der Waals surface area contributed by atoms with Gasteiger partial charge in [-0.3, -0.25) is 4.79 Å². The van der Waals surface area contributed by atoms with Crippen LogP contribution in [0.3, 0.4) is 0 Å². The molecule has 3 N–H and O–H groups in total. The molecule has 1 aliphatic rings. The molecule has 1 aromatic rings. The first-order chi connectivity index (χ1) is 8.22. The highest BCUT2D eigenvalue weighted by Crippen LogP contribution is 2.07. The van der Waals surface area contributed by atoms with Gasteiger partial charge < -0.3 is 15.7 Å². The van der Waals surface area contributed by atoms with Crippen molar-refractivity contribution < 1.29 is 9.45 Å². The number of fused-ring (bicyclic) bond motifs is 1. The van der Waals surface area contributed by atoms with Gasteiger partial charge in [0, 0.05) is 12.6 Å². The zero-order chi connectivity index (χ0) is 12.7. The molecule has 91 valence electrons. The summed E-state index contributed by atoms with van der Waals surface area (Å²) in [6, 6.07) is 5.56. The Labute approximate surface area is 103 Å². The molecule has 17 heavy (non-hydrogen) atoms. The molecule has 0 fully saturated rings. The van der Waals surface area contributed by atoms with Crippen molar-refractivity contribution in [2.24, 2.45) is 5.73 Å². The van der Waals surface area contributed by atoms with E-state index < -0.39 is 0 Å². The Kier molecular flexibility index (Phi) is 5.73. The Hall–Kier alpha value is -1.33. The highest BCUT2D eigenvalue weighted by atomic mass is 16.4. The number of amides is 1. The predicted octanol–water partition coefficient (Wildman–Crippen LogP) is 0.176. The molecule has 2 rings (SSSR count). The van der Waals surface area contributed by atoms with Crippen molar-refractivity contribution in [1.82, 2.24) is 5.32 Å².